The molecule has 26 heavy (non-hydrogen) atoms. The van der Waals surface area contributed by atoms with Gasteiger partial charge in [0.25, 0.3) is 0 Å². The Bertz CT molecular complexity index is 758. The lowest BCUT2D eigenvalue weighted by molar-refractivity contribution is -0.144. The van der Waals surface area contributed by atoms with Crippen LogP contribution in [0.15, 0.2) is 36.4 Å². The molecule has 2 rings (SSSR count). The van der Waals surface area contributed by atoms with Gasteiger partial charge in [-0.1, -0.05) is 18.2 Å². The molecule has 2 aromatic carbocycles. The Balaban J connectivity index is 2.14. The predicted octanol–water partition coefficient (Wildman–Crippen LogP) is 3.32. The van der Waals surface area contributed by atoms with Gasteiger partial charge in [0.05, 0.1) is 13.7 Å². The molecule has 0 aliphatic rings. The predicted molar refractivity (Wildman–Crippen MR) is 102 cm³/mol. The molecule has 1 unspecified atom stereocenters. The maximum Gasteiger partial charge on any atom is 0.323 e. The average Bonchev–Trinajstić information content (AvgIpc) is 2.63. The van der Waals surface area contributed by atoms with Crippen LogP contribution in [0.4, 0.5) is 0 Å². The number of benzene rings is 2. The molecule has 0 saturated carbocycles. The molecular weight excluding hydrogens is 330 g/mol. The van der Waals surface area contributed by atoms with Gasteiger partial charge in [0.2, 0.25) is 0 Å². The van der Waals surface area contributed by atoms with Crippen LogP contribution in [0.25, 0.3) is 0 Å². The fraction of sp³-hybridized carbons (Fsp3) is 0.381. The highest BCUT2D eigenvalue weighted by atomic mass is 16.5. The van der Waals surface area contributed by atoms with Crippen LogP contribution >= 0.6 is 0 Å². The van der Waals surface area contributed by atoms with E-state index in [1.807, 2.05) is 37.3 Å². The number of aryl methyl sites for hydroxylation is 1. The van der Waals surface area contributed by atoms with Crippen molar-refractivity contribution >= 4 is 5.97 Å². The fourth-order valence-corrected chi connectivity index (χ4v) is 2.69. The summed E-state index contributed by atoms with van der Waals surface area (Å²) < 4.78 is 16.4. The maximum atomic E-state index is 11.7. The van der Waals surface area contributed by atoms with Gasteiger partial charge < -0.3 is 19.9 Å². The topological polar surface area (TPSA) is 70.8 Å². The third kappa shape index (κ3) is 4.99. The Morgan fingerprint density at radius 3 is 2.62 bits per heavy atom. The second kappa shape index (κ2) is 9.25. The molecule has 0 aliphatic carbocycles. The first-order valence-corrected chi connectivity index (χ1v) is 8.73. The Hall–Kier alpha value is -2.53. The van der Waals surface area contributed by atoms with Gasteiger partial charge in [-0.15, -0.1) is 0 Å². The van der Waals surface area contributed by atoms with E-state index in [9.17, 15) is 4.79 Å². The molecule has 0 radical (unpaired) electrons. The number of carbonyl (C=O) groups excluding carboxylic acids is 1. The van der Waals surface area contributed by atoms with Crippen LogP contribution in [0.2, 0.25) is 0 Å². The Kier molecular flexibility index (Phi) is 7.04. The molecule has 0 amide bonds. The summed E-state index contributed by atoms with van der Waals surface area (Å²) in [7, 11) is 1.63. The van der Waals surface area contributed by atoms with E-state index in [1.54, 1.807) is 14.0 Å². The van der Waals surface area contributed by atoms with Gasteiger partial charge >= 0.3 is 5.97 Å². The van der Waals surface area contributed by atoms with Crippen molar-refractivity contribution in [3.8, 4) is 11.5 Å². The van der Waals surface area contributed by atoms with Crippen molar-refractivity contribution < 1.29 is 19.0 Å². The van der Waals surface area contributed by atoms with Crippen LogP contribution in [0.5, 0.6) is 11.5 Å². The van der Waals surface area contributed by atoms with Gasteiger partial charge in [-0.05, 0) is 62.1 Å². The van der Waals surface area contributed by atoms with Crippen molar-refractivity contribution in [3.05, 3.63) is 58.7 Å². The van der Waals surface area contributed by atoms with Crippen LogP contribution in [0, 0.1) is 13.8 Å². The zero-order valence-electron chi connectivity index (χ0n) is 15.9. The van der Waals surface area contributed by atoms with E-state index in [1.165, 1.54) is 5.56 Å². The minimum absolute atomic E-state index is 0.323. The maximum absolute atomic E-state index is 11.7. The highest BCUT2D eigenvalue weighted by molar-refractivity contribution is 5.75. The van der Waals surface area contributed by atoms with Crippen LogP contribution in [-0.4, -0.2) is 25.7 Å². The van der Waals surface area contributed by atoms with Crippen LogP contribution in [-0.2, 0) is 22.6 Å². The van der Waals surface area contributed by atoms with Crippen LogP contribution in [0.1, 0.15) is 29.2 Å². The first-order chi connectivity index (χ1) is 12.5. The number of hydrogen-bond donors (Lipinski definition) is 1. The van der Waals surface area contributed by atoms with Crippen molar-refractivity contribution in [1.82, 2.24) is 0 Å². The van der Waals surface area contributed by atoms with E-state index in [2.05, 4.69) is 13.0 Å². The van der Waals surface area contributed by atoms with Crippen molar-refractivity contribution in [1.29, 1.82) is 0 Å². The van der Waals surface area contributed by atoms with Crippen molar-refractivity contribution in [2.75, 3.05) is 13.7 Å². The van der Waals surface area contributed by atoms with E-state index < -0.39 is 12.0 Å². The summed E-state index contributed by atoms with van der Waals surface area (Å²) in [5.74, 6) is 1.20. The summed E-state index contributed by atoms with van der Waals surface area (Å²) in [6.07, 6.45) is 0.402. The molecule has 1 atom stereocenters. The van der Waals surface area contributed by atoms with E-state index in [-0.39, 0.29) is 0 Å². The molecule has 2 aromatic rings. The van der Waals surface area contributed by atoms with E-state index in [0.717, 1.165) is 28.2 Å². The van der Waals surface area contributed by atoms with E-state index >= 15 is 0 Å². The molecule has 0 aliphatic heterocycles. The van der Waals surface area contributed by atoms with Gasteiger partial charge in [0.1, 0.15) is 24.1 Å². The first kappa shape index (κ1) is 19.8. The van der Waals surface area contributed by atoms with E-state index in [4.69, 9.17) is 19.9 Å². The monoisotopic (exact) mass is 357 g/mol. The van der Waals surface area contributed by atoms with Crippen molar-refractivity contribution in [2.45, 2.75) is 39.8 Å². The number of ether oxygens (including phenoxy) is 3. The number of carbonyl (C=O) groups is 1. The van der Waals surface area contributed by atoms with Gasteiger partial charge in [-0.2, -0.15) is 0 Å². The second-order valence-corrected chi connectivity index (χ2v) is 6.20. The minimum Gasteiger partial charge on any atom is -0.496 e. The highest BCUT2D eigenvalue weighted by Gasteiger charge is 2.16. The lowest BCUT2D eigenvalue weighted by Gasteiger charge is -2.15. The largest absolute Gasteiger partial charge is 0.496 e. The quantitative estimate of drug-likeness (QED) is 0.734. The zero-order valence-corrected chi connectivity index (χ0v) is 15.9. The summed E-state index contributed by atoms with van der Waals surface area (Å²) in [5.41, 5.74) is 10.1. The van der Waals surface area contributed by atoms with Gasteiger partial charge in [-0.3, -0.25) is 4.79 Å². The lowest BCUT2D eigenvalue weighted by atomic mass is 10.0. The van der Waals surface area contributed by atoms with Crippen molar-refractivity contribution in [2.24, 2.45) is 5.73 Å². The van der Waals surface area contributed by atoms with Crippen LogP contribution < -0.4 is 15.2 Å². The highest BCUT2D eigenvalue weighted by Crippen LogP contribution is 2.25. The molecule has 0 bridgehead atoms. The third-order valence-electron chi connectivity index (χ3n) is 4.33. The molecule has 5 nitrogen and oxygen atoms in total. The lowest BCUT2D eigenvalue weighted by Crippen LogP contribution is -2.34. The number of methoxy groups -OCH3 is 1. The summed E-state index contributed by atoms with van der Waals surface area (Å²) in [5, 5.41) is 0. The second-order valence-electron chi connectivity index (χ2n) is 6.20. The summed E-state index contributed by atoms with van der Waals surface area (Å²) in [4.78, 5) is 11.7. The number of nitrogens with two attached hydrogens (primary N) is 1. The van der Waals surface area contributed by atoms with Gasteiger partial charge in [0.15, 0.2) is 0 Å². The SMILES string of the molecule is CCOC(=O)C(N)Cc1ccc(OC)c(COc2cccc(C)c2C)c1. The van der Waals surface area contributed by atoms with Crippen molar-refractivity contribution in [3.63, 3.8) is 0 Å². The molecule has 0 heterocycles. The van der Waals surface area contributed by atoms with Crippen LogP contribution in [0.3, 0.4) is 0 Å². The Morgan fingerprint density at radius 1 is 1.15 bits per heavy atom. The number of esters is 1. The number of rotatable bonds is 8. The third-order valence-corrected chi connectivity index (χ3v) is 4.33. The standard InChI is InChI=1S/C21H27NO4/c1-5-25-21(23)18(22)12-16-9-10-20(24-4)17(11-16)13-26-19-8-6-7-14(2)15(19)3/h6-11,18H,5,12-13,22H2,1-4H3. The zero-order chi connectivity index (χ0) is 19.1. The molecule has 0 fully saturated rings. The molecule has 2 N–H and O–H groups in total. The molecule has 5 heteroatoms. The molecule has 140 valence electrons. The van der Waals surface area contributed by atoms with Gasteiger partial charge in [0, 0.05) is 5.56 Å². The average molecular weight is 357 g/mol. The summed E-state index contributed by atoms with van der Waals surface area (Å²) in [6.45, 7) is 6.55. The molecular formula is C21H27NO4. The molecule has 0 saturated heterocycles. The first-order valence-electron chi connectivity index (χ1n) is 8.73. The summed E-state index contributed by atoms with van der Waals surface area (Å²) >= 11 is 0. The fourth-order valence-electron chi connectivity index (χ4n) is 2.69. The molecule has 0 spiro atoms. The normalized spacial score (nSPS) is 11.7. The minimum atomic E-state index is -0.684. The van der Waals surface area contributed by atoms with E-state index in [0.29, 0.717) is 19.6 Å². The number of hydrogen-bond acceptors (Lipinski definition) is 5. The summed E-state index contributed by atoms with van der Waals surface area (Å²) in [6, 6.07) is 11.0. The smallest absolute Gasteiger partial charge is 0.323 e. The Morgan fingerprint density at radius 2 is 1.92 bits per heavy atom. The Labute approximate surface area is 155 Å². The molecule has 0 aromatic heterocycles. The van der Waals surface area contributed by atoms with Gasteiger partial charge in [-0.25, -0.2) is 0 Å².